The molecule has 1 amide bonds. The Morgan fingerprint density at radius 3 is 2.83 bits per heavy atom. The highest BCUT2D eigenvalue weighted by Crippen LogP contribution is 2.17. The van der Waals surface area contributed by atoms with Crippen LogP contribution in [0.4, 0.5) is 4.39 Å². The Bertz CT molecular complexity index is 422. The minimum Gasteiger partial charge on any atom is -0.333 e. The van der Waals surface area contributed by atoms with Crippen LogP contribution in [-0.4, -0.2) is 36.5 Å². The van der Waals surface area contributed by atoms with Gasteiger partial charge in [-0.15, -0.1) is 12.4 Å². The molecule has 1 aromatic rings. The molecule has 1 aliphatic rings. The van der Waals surface area contributed by atoms with Gasteiger partial charge in [0, 0.05) is 36.3 Å². The van der Waals surface area contributed by atoms with E-state index in [1.807, 2.05) is 6.92 Å². The molecule has 1 fully saturated rings. The maximum Gasteiger partial charge on any atom is 0.254 e. The molecule has 0 saturated carbocycles. The number of rotatable bonds is 1. The zero-order chi connectivity index (χ0) is 12.4. The average molecular weight is 293 g/mol. The number of carbonyl (C=O) groups excluding carboxylic acids is 1. The summed E-state index contributed by atoms with van der Waals surface area (Å²) < 4.78 is 13.2. The molecule has 18 heavy (non-hydrogen) atoms. The molecule has 0 aromatic heterocycles. The molecular formula is C12H15Cl2FN2O. The molecule has 100 valence electrons. The molecule has 0 bridgehead atoms. The number of carbonyl (C=O) groups is 1. The van der Waals surface area contributed by atoms with Gasteiger partial charge in [-0.05, 0) is 25.1 Å². The minimum absolute atomic E-state index is 0. The maximum atomic E-state index is 13.2. The van der Waals surface area contributed by atoms with Crippen LogP contribution in [0.5, 0.6) is 0 Å². The first-order chi connectivity index (χ1) is 8.08. The predicted octanol–water partition coefficient (Wildman–Crippen LogP) is 2.33. The van der Waals surface area contributed by atoms with Crippen molar-refractivity contribution in [2.75, 3.05) is 19.6 Å². The second kappa shape index (κ2) is 6.36. The van der Waals surface area contributed by atoms with E-state index >= 15 is 0 Å². The lowest BCUT2D eigenvalue weighted by molar-refractivity contribution is 0.0655. The molecule has 1 heterocycles. The van der Waals surface area contributed by atoms with Gasteiger partial charge in [0.25, 0.3) is 5.91 Å². The molecule has 0 radical (unpaired) electrons. The molecule has 6 heteroatoms. The lowest BCUT2D eigenvalue weighted by atomic mass is 10.1. The van der Waals surface area contributed by atoms with Crippen molar-refractivity contribution in [3.8, 4) is 0 Å². The van der Waals surface area contributed by atoms with Gasteiger partial charge in [-0.25, -0.2) is 4.39 Å². The van der Waals surface area contributed by atoms with Crippen molar-refractivity contribution in [1.82, 2.24) is 10.2 Å². The lowest BCUT2D eigenvalue weighted by Crippen LogP contribution is -2.52. The monoisotopic (exact) mass is 292 g/mol. The third kappa shape index (κ3) is 3.34. The van der Waals surface area contributed by atoms with Crippen molar-refractivity contribution < 1.29 is 9.18 Å². The number of piperazine rings is 1. The van der Waals surface area contributed by atoms with Crippen LogP contribution in [0.3, 0.4) is 0 Å². The van der Waals surface area contributed by atoms with Gasteiger partial charge < -0.3 is 10.2 Å². The van der Waals surface area contributed by atoms with E-state index in [4.69, 9.17) is 11.6 Å². The van der Waals surface area contributed by atoms with Gasteiger partial charge in [-0.2, -0.15) is 0 Å². The van der Waals surface area contributed by atoms with E-state index in [1.165, 1.54) is 18.2 Å². The summed E-state index contributed by atoms with van der Waals surface area (Å²) in [6.45, 7) is 4.12. The van der Waals surface area contributed by atoms with Gasteiger partial charge >= 0.3 is 0 Å². The van der Waals surface area contributed by atoms with Crippen molar-refractivity contribution in [2.24, 2.45) is 0 Å². The molecule has 0 unspecified atom stereocenters. The summed E-state index contributed by atoms with van der Waals surface area (Å²) in [6, 6.07) is 4.03. The Kier molecular flexibility index (Phi) is 5.38. The molecule has 1 saturated heterocycles. The summed E-state index contributed by atoms with van der Waals surface area (Å²) in [5.41, 5.74) is 0.309. The fraction of sp³-hybridized carbons (Fsp3) is 0.417. The molecule has 0 aliphatic carbocycles. The smallest absolute Gasteiger partial charge is 0.254 e. The zero-order valence-electron chi connectivity index (χ0n) is 9.95. The standard InChI is InChI=1S/C12H14ClFN2O.ClH/c1-8-7-15-2-3-16(8)12(17)9-4-10(13)6-11(14)5-9;/h4-6,8,15H,2-3,7H2,1H3;1H/t8-;/m0./s1. The van der Waals surface area contributed by atoms with Crippen LogP contribution in [-0.2, 0) is 0 Å². The molecule has 1 aromatic carbocycles. The molecule has 1 aliphatic heterocycles. The van der Waals surface area contributed by atoms with E-state index in [0.29, 0.717) is 12.1 Å². The van der Waals surface area contributed by atoms with Crippen molar-refractivity contribution in [3.05, 3.63) is 34.6 Å². The number of hydrogen-bond donors (Lipinski definition) is 1. The molecule has 2 rings (SSSR count). The first kappa shape index (κ1) is 15.2. The number of nitrogens with zero attached hydrogens (tertiary/aromatic N) is 1. The minimum atomic E-state index is -0.483. The largest absolute Gasteiger partial charge is 0.333 e. The van der Waals surface area contributed by atoms with Crippen LogP contribution in [0, 0.1) is 5.82 Å². The van der Waals surface area contributed by atoms with E-state index in [-0.39, 0.29) is 29.4 Å². The van der Waals surface area contributed by atoms with Gasteiger partial charge in [0.2, 0.25) is 0 Å². The van der Waals surface area contributed by atoms with Crippen molar-refractivity contribution in [2.45, 2.75) is 13.0 Å². The van der Waals surface area contributed by atoms with Crippen LogP contribution in [0.1, 0.15) is 17.3 Å². The number of amides is 1. The number of hydrogen-bond acceptors (Lipinski definition) is 2. The van der Waals surface area contributed by atoms with Crippen molar-refractivity contribution in [1.29, 1.82) is 0 Å². The van der Waals surface area contributed by atoms with Crippen LogP contribution in [0.2, 0.25) is 5.02 Å². The van der Waals surface area contributed by atoms with Gasteiger partial charge in [0.1, 0.15) is 5.82 Å². The summed E-state index contributed by atoms with van der Waals surface area (Å²) in [5.74, 6) is -0.649. The van der Waals surface area contributed by atoms with Gasteiger partial charge in [0.05, 0.1) is 0 Å². The predicted molar refractivity (Wildman–Crippen MR) is 72.0 cm³/mol. The topological polar surface area (TPSA) is 32.3 Å². The summed E-state index contributed by atoms with van der Waals surface area (Å²) in [4.78, 5) is 13.9. The Balaban J connectivity index is 0.00000162. The Hall–Kier alpha value is -0.840. The molecule has 3 nitrogen and oxygen atoms in total. The van der Waals surface area contributed by atoms with Gasteiger partial charge in [0.15, 0.2) is 0 Å². The summed E-state index contributed by atoms with van der Waals surface area (Å²) in [5, 5.41) is 3.45. The summed E-state index contributed by atoms with van der Waals surface area (Å²) >= 11 is 5.75. The normalized spacial score (nSPS) is 19.3. The molecule has 0 spiro atoms. The van der Waals surface area contributed by atoms with E-state index in [0.717, 1.165) is 13.1 Å². The van der Waals surface area contributed by atoms with E-state index in [9.17, 15) is 9.18 Å². The first-order valence-corrected chi connectivity index (χ1v) is 5.93. The Morgan fingerprint density at radius 2 is 2.22 bits per heavy atom. The number of nitrogens with one attached hydrogen (secondary N) is 1. The SMILES string of the molecule is C[C@H]1CNCCN1C(=O)c1cc(F)cc(Cl)c1.Cl. The van der Waals surface area contributed by atoms with Crippen molar-refractivity contribution >= 4 is 29.9 Å². The van der Waals surface area contributed by atoms with Gasteiger partial charge in [-0.1, -0.05) is 11.6 Å². The zero-order valence-corrected chi connectivity index (χ0v) is 11.5. The van der Waals surface area contributed by atoms with Gasteiger partial charge in [-0.3, -0.25) is 4.79 Å². The second-order valence-corrected chi connectivity index (χ2v) is 4.65. The lowest BCUT2D eigenvalue weighted by Gasteiger charge is -2.34. The summed E-state index contributed by atoms with van der Waals surface area (Å²) in [7, 11) is 0. The quantitative estimate of drug-likeness (QED) is 0.862. The van der Waals surface area contributed by atoms with Crippen LogP contribution in [0.25, 0.3) is 0 Å². The third-order valence-corrected chi connectivity index (χ3v) is 3.09. The maximum absolute atomic E-state index is 13.2. The number of benzene rings is 1. The number of halogens is 3. The van der Waals surface area contributed by atoms with E-state index in [1.54, 1.807) is 4.90 Å². The van der Waals surface area contributed by atoms with Crippen LogP contribution in [0.15, 0.2) is 18.2 Å². The highest BCUT2D eigenvalue weighted by Gasteiger charge is 2.24. The Morgan fingerprint density at radius 1 is 1.50 bits per heavy atom. The molecular weight excluding hydrogens is 278 g/mol. The second-order valence-electron chi connectivity index (χ2n) is 4.21. The summed E-state index contributed by atoms with van der Waals surface area (Å²) in [6.07, 6.45) is 0. The van der Waals surface area contributed by atoms with Crippen LogP contribution < -0.4 is 5.32 Å². The van der Waals surface area contributed by atoms with Crippen molar-refractivity contribution in [3.63, 3.8) is 0 Å². The van der Waals surface area contributed by atoms with E-state index in [2.05, 4.69) is 5.32 Å². The molecule has 1 atom stereocenters. The average Bonchev–Trinajstić information content (AvgIpc) is 2.27. The van der Waals surface area contributed by atoms with E-state index < -0.39 is 5.82 Å². The Labute approximate surface area is 117 Å². The first-order valence-electron chi connectivity index (χ1n) is 5.55. The third-order valence-electron chi connectivity index (χ3n) is 2.87. The highest BCUT2D eigenvalue weighted by molar-refractivity contribution is 6.31. The highest BCUT2D eigenvalue weighted by atomic mass is 35.5. The van der Waals surface area contributed by atoms with Crippen LogP contribution >= 0.6 is 24.0 Å². The fourth-order valence-electron chi connectivity index (χ4n) is 1.99. The fourth-order valence-corrected chi connectivity index (χ4v) is 2.21. The molecule has 1 N–H and O–H groups in total.